The van der Waals surface area contributed by atoms with Gasteiger partial charge < -0.3 is 10.2 Å². The molecule has 1 aliphatic heterocycles. The first-order chi connectivity index (χ1) is 7.68. The molecule has 2 rings (SSSR count). The molecule has 0 bridgehead atoms. The van der Waals surface area contributed by atoms with Gasteiger partial charge in [-0.25, -0.2) is 0 Å². The monoisotopic (exact) mass is 218 g/mol. The Morgan fingerprint density at radius 3 is 2.88 bits per heavy atom. The second-order valence-corrected chi connectivity index (χ2v) is 4.89. The van der Waals surface area contributed by atoms with Gasteiger partial charge in [-0.05, 0) is 50.4 Å². The summed E-state index contributed by atoms with van der Waals surface area (Å²) in [5.74, 6) is 0. The predicted molar refractivity (Wildman–Crippen MR) is 70.2 cm³/mol. The minimum absolute atomic E-state index is 0.671. The standard InChI is InChI=1S/C14H22N2/c1-11-6-4-8-14(12(11)2)16(3)10-13-7-5-9-15-13/h4,6,8,13,15H,5,7,9-10H2,1-3H3. The van der Waals surface area contributed by atoms with Gasteiger partial charge in [-0.15, -0.1) is 0 Å². The number of benzene rings is 1. The van der Waals surface area contributed by atoms with Gasteiger partial charge >= 0.3 is 0 Å². The topological polar surface area (TPSA) is 15.3 Å². The summed E-state index contributed by atoms with van der Waals surface area (Å²) in [6.45, 7) is 6.69. The minimum atomic E-state index is 0.671. The third kappa shape index (κ3) is 2.38. The highest BCUT2D eigenvalue weighted by molar-refractivity contribution is 5.55. The molecule has 0 radical (unpaired) electrons. The van der Waals surface area contributed by atoms with Crippen molar-refractivity contribution in [2.75, 3.05) is 25.0 Å². The molecule has 2 heteroatoms. The predicted octanol–water partition coefficient (Wildman–Crippen LogP) is 2.49. The molecule has 1 unspecified atom stereocenters. The highest BCUT2D eigenvalue weighted by Crippen LogP contribution is 2.22. The van der Waals surface area contributed by atoms with Crippen LogP contribution in [-0.4, -0.2) is 26.2 Å². The van der Waals surface area contributed by atoms with Gasteiger partial charge in [0.05, 0.1) is 0 Å². The smallest absolute Gasteiger partial charge is 0.0396 e. The van der Waals surface area contributed by atoms with E-state index in [-0.39, 0.29) is 0 Å². The Bertz CT molecular complexity index is 354. The van der Waals surface area contributed by atoms with Crippen LogP contribution in [0.4, 0.5) is 5.69 Å². The number of nitrogens with zero attached hydrogens (tertiary/aromatic N) is 1. The summed E-state index contributed by atoms with van der Waals surface area (Å²) in [6, 6.07) is 7.22. The number of likely N-dealkylation sites (N-methyl/N-ethyl adjacent to an activating group) is 1. The van der Waals surface area contributed by atoms with Crippen LogP contribution in [0.15, 0.2) is 18.2 Å². The molecule has 16 heavy (non-hydrogen) atoms. The van der Waals surface area contributed by atoms with Crippen molar-refractivity contribution in [3.8, 4) is 0 Å². The lowest BCUT2D eigenvalue weighted by Gasteiger charge is -2.25. The molecule has 1 N–H and O–H groups in total. The van der Waals surface area contributed by atoms with E-state index < -0.39 is 0 Å². The van der Waals surface area contributed by atoms with Crippen molar-refractivity contribution in [3.05, 3.63) is 29.3 Å². The summed E-state index contributed by atoms with van der Waals surface area (Å²) in [6.07, 6.45) is 2.64. The van der Waals surface area contributed by atoms with Crippen LogP contribution < -0.4 is 10.2 Å². The van der Waals surface area contributed by atoms with Crippen molar-refractivity contribution in [3.63, 3.8) is 0 Å². The molecule has 88 valence electrons. The average molecular weight is 218 g/mol. The minimum Gasteiger partial charge on any atom is -0.373 e. The Morgan fingerprint density at radius 1 is 1.38 bits per heavy atom. The average Bonchev–Trinajstić information content (AvgIpc) is 2.74. The van der Waals surface area contributed by atoms with Crippen LogP contribution in [0, 0.1) is 13.8 Å². The van der Waals surface area contributed by atoms with Gasteiger partial charge in [0.2, 0.25) is 0 Å². The van der Waals surface area contributed by atoms with Crippen LogP contribution in [-0.2, 0) is 0 Å². The van der Waals surface area contributed by atoms with E-state index in [1.807, 2.05) is 0 Å². The molecule has 2 nitrogen and oxygen atoms in total. The van der Waals surface area contributed by atoms with E-state index in [4.69, 9.17) is 0 Å². The molecule has 1 aromatic carbocycles. The summed E-state index contributed by atoms with van der Waals surface area (Å²) in [7, 11) is 2.20. The molecule has 1 saturated heterocycles. The first-order valence-corrected chi connectivity index (χ1v) is 6.19. The van der Waals surface area contributed by atoms with Crippen LogP contribution in [0.3, 0.4) is 0 Å². The summed E-state index contributed by atoms with van der Waals surface area (Å²) in [4.78, 5) is 2.38. The maximum absolute atomic E-state index is 3.55. The largest absolute Gasteiger partial charge is 0.373 e. The molecule has 0 amide bonds. The van der Waals surface area contributed by atoms with Crippen molar-refractivity contribution >= 4 is 5.69 Å². The fourth-order valence-electron chi connectivity index (χ4n) is 2.49. The van der Waals surface area contributed by atoms with Gasteiger partial charge in [-0.3, -0.25) is 0 Å². The summed E-state index contributed by atoms with van der Waals surface area (Å²) < 4.78 is 0. The van der Waals surface area contributed by atoms with Crippen LogP contribution in [0.2, 0.25) is 0 Å². The van der Waals surface area contributed by atoms with Crippen molar-refractivity contribution in [2.24, 2.45) is 0 Å². The lowest BCUT2D eigenvalue weighted by molar-refractivity contribution is 0.599. The first kappa shape index (κ1) is 11.5. The summed E-state index contributed by atoms with van der Waals surface area (Å²) >= 11 is 0. The second kappa shape index (κ2) is 4.88. The quantitative estimate of drug-likeness (QED) is 0.838. The number of nitrogens with one attached hydrogen (secondary N) is 1. The zero-order chi connectivity index (χ0) is 11.5. The lowest BCUT2D eigenvalue weighted by atomic mass is 10.1. The van der Waals surface area contributed by atoms with Crippen molar-refractivity contribution < 1.29 is 0 Å². The Hall–Kier alpha value is -1.02. The first-order valence-electron chi connectivity index (χ1n) is 6.19. The number of hydrogen-bond acceptors (Lipinski definition) is 2. The maximum Gasteiger partial charge on any atom is 0.0396 e. The van der Waals surface area contributed by atoms with Crippen LogP contribution in [0.1, 0.15) is 24.0 Å². The lowest BCUT2D eigenvalue weighted by Crippen LogP contribution is -2.35. The van der Waals surface area contributed by atoms with Crippen molar-refractivity contribution in [1.82, 2.24) is 5.32 Å². The molecule has 1 heterocycles. The van der Waals surface area contributed by atoms with E-state index in [0.29, 0.717) is 6.04 Å². The number of aryl methyl sites for hydroxylation is 1. The van der Waals surface area contributed by atoms with E-state index in [1.165, 1.54) is 36.2 Å². The van der Waals surface area contributed by atoms with Crippen molar-refractivity contribution in [2.45, 2.75) is 32.7 Å². The molecule has 0 aliphatic carbocycles. The molecule has 1 atom stereocenters. The number of anilines is 1. The Labute approximate surface area is 98.7 Å². The van der Waals surface area contributed by atoms with E-state index in [1.54, 1.807) is 0 Å². The Balaban J connectivity index is 2.07. The van der Waals surface area contributed by atoms with Gasteiger partial charge in [0.15, 0.2) is 0 Å². The van der Waals surface area contributed by atoms with Crippen LogP contribution in [0.5, 0.6) is 0 Å². The molecule has 0 saturated carbocycles. The summed E-state index contributed by atoms with van der Waals surface area (Å²) in [5, 5.41) is 3.55. The molecule has 0 spiro atoms. The van der Waals surface area contributed by atoms with Gasteiger partial charge in [0, 0.05) is 25.3 Å². The molecular formula is C14H22N2. The molecule has 1 aromatic rings. The van der Waals surface area contributed by atoms with Crippen molar-refractivity contribution in [1.29, 1.82) is 0 Å². The maximum atomic E-state index is 3.55. The number of hydrogen-bond donors (Lipinski definition) is 1. The zero-order valence-electron chi connectivity index (χ0n) is 10.6. The van der Waals surface area contributed by atoms with Gasteiger partial charge in [0.25, 0.3) is 0 Å². The van der Waals surface area contributed by atoms with Gasteiger partial charge in [-0.2, -0.15) is 0 Å². The fourth-order valence-corrected chi connectivity index (χ4v) is 2.49. The third-order valence-corrected chi connectivity index (χ3v) is 3.64. The Kier molecular flexibility index (Phi) is 3.49. The molecule has 1 aliphatic rings. The van der Waals surface area contributed by atoms with E-state index >= 15 is 0 Å². The van der Waals surface area contributed by atoms with Crippen LogP contribution >= 0.6 is 0 Å². The molecular weight excluding hydrogens is 196 g/mol. The highest BCUT2D eigenvalue weighted by Gasteiger charge is 2.16. The van der Waals surface area contributed by atoms with Gasteiger partial charge in [-0.1, -0.05) is 12.1 Å². The fraction of sp³-hybridized carbons (Fsp3) is 0.571. The summed E-state index contributed by atoms with van der Waals surface area (Å²) in [5.41, 5.74) is 4.15. The highest BCUT2D eigenvalue weighted by atomic mass is 15.1. The second-order valence-electron chi connectivity index (χ2n) is 4.89. The molecule has 0 aromatic heterocycles. The zero-order valence-corrected chi connectivity index (χ0v) is 10.6. The van der Waals surface area contributed by atoms with E-state index in [9.17, 15) is 0 Å². The van der Waals surface area contributed by atoms with Crippen LogP contribution in [0.25, 0.3) is 0 Å². The van der Waals surface area contributed by atoms with Gasteiger partial charge in [0.1, 0.15) is 0 Å². The van der Waals surface area contributed by atoms with E-state index in [2.05, 4.69) is 49.3 Å². The number of rotatable bonds is 3. The van der Waals surface area contributed by atoms with E-state index in [0.717, 1.165) is 6.54 Å². The normalized spacial score (nSPS) is 20.1. The third-order valence-electron chi connectivity index (χ3n) is 3.64. The SMILES string of the molecule is Cc1cccc(N(C)CC2CCCN2)c1C. The molecule has 1 fully saturated rings. The Morgan fingerprint density at radius 2 is 2.19 bits per heavy atom.